The number of aliphatic hydroxyl groups excluding tert-OH is 1. The second kappa shape index (κ2) is 5.17. The number of rotatable bonds is 0. The summed E-state index contributed by atoms with van der Waals surface area (Å²) in [6.07, 6.45) is 8.17. The molecule has 138 valence electrons. The van der Waals surface area contributed by atoms with Gasteiger partial charge in [0.1, 0.15) is 5.78 Å². The van der Waals surface area contributed by atoms with Crippen LogP contribution in [0.3, 0.4) is 0 Å². The molecule has 4 fully saturated rings. The van der Waals surface area contributed by atoms with E-state index < -0.39 is 5.79 Å². The topological polar surface area (TPSA) is 55.8 Å². The molecule has 4 aliphatic carbocycles. The summed E-state index contributed by atoms with van der Waals surface area (Å²) in [5.74, 6) is 1.13. The second-order valence-electron chi connectivity index (χ2n) is 9.61. The van der Waals surface area contributed by atoms with Crippen molar-refractivity contribution in [3.8, 4) is 0 Å². The maximum absolute atomic E-state index is 12.5. The van der Waals surface area contributed by atoms with Crippen LogP contribution in [-0.4, -0.2) is 36.0 Å². The predicted molar refractivity (Wildman–Crippen MR) is 92.7 cm³/mol. The molecule has 3 unspecified atom stereocenters. The van der Waals surface area contributed by atoms with Crippen molar-refractivity contribution < 1.29 is 19.4 Å². The van der Waals surface area contributed by atoms with Crippen molar-refractivity contribution >= 4 is 5.78 Å². The summed E-state index contributed by atoms with van der Waals surface area (Å²) in [4.78, 5) is 12.5. The first-order valence-electron chi connectivity index (χ1n) is 10.1. The van der Waals surface area contributed by atoms with Crippen LogP contribution in [0.4, 0.5) is 0 Å². The van der Waals surface area contributed by atoms with Crippen LogP contribution in [0, 0.1) is 28.6 Å². The monoisotopic (exact) mass is 346 g/mol. The molecule has 0 aromatic heterocycles. The lowest BCUT2D eigenvalue weighted by atomic mass is 9.47. The van der Waals surface area contributed by atoms with Crippen molar-refractivity contribution in [1.29, 1.82) is 0 Å². The molecule has 0 aromatic rings. The van der Waals surface area contributed by atoms with E-state index in [1.54, 1.807) is 0 Å². The number of carbonyl (C=O) groups excluding carboxylic acids is 1. The molecule has 25 heavy (non-hydrogen) atoms. The Labute approximate surface area is 150 Å². The Bertz CT molecular complexity index is 634. The number of ketones is 1. The largest absolute Gasteiger partial charge is 0.393 e. The number of hydrogen-bond acceptors (Lipinski definition) is 4. The van der Waals surface area contributed by atoms with Gasteiger partial charge in [0.05, 0.1) is 19.3 Å². The van der Waals surface area contributed by atoms with Crippen molar-refractivity contribution in [3.63, 3.8) is 0 Å². The molecule has 5 aliphatic rings. The molecule has 1 saturated heterocycles. The Hall–Kier alpha value is -0.710. The van der Waals surface area contributed by atoms with E-state index in [1.807, 2.05) is 0 Å². The third kappa shape index (κ3) is 2.08. The zero-order valence-electron chi connectivity index (χ0n) is 15.4. The summed E-state index contributed by atoms with van der Waals surface area (Å²) in [5, 5.41) is 11.2. The fourth-order valence-corrected chi connectivity index (χ4v) is 7.25. The number of hydrogen-bond donors (Lipinski definition) is 1. The molecular weight excluding hydrogens is 316 g/mol. The fraction of sp³-hybridized carbons (Fsp3) is 0.857. The van der Waals surface area contributed by atoms with Crippen molar-refractivity contribution in [2.45, 2.75) is 70.7 Å². The molecule has 3 saturated carbocycles. The Balaban J connectivity index is 1.51. The fourth-order valence-electron chi connectivity index (χ4n) is 7.25. The summed E-state index contributed by atoms with van der Waals surface area (Å²) in [6.45, 7) is 5.85. The normalized spacial score (nSPS) is 51.0. The van der Waals surface area contributed by atoms with Gasteiger partial charge in [-0.15, -0.1) is 0 Å². The highest BCUT2D eigenvalue weighted by atomic mass is 16.7. The number of ether oxygens (including phenoxy) is 2. The summed E-state index contributed by atoms with van der Waals surface area (Å²) in [7, 11) is 0. The first kappa shape index (κ1) is 16.5. The zero-order chi connectivity index (χ0) is 17.4. The number of carbonyl (C=O) groups is 1. The van der Waals surface area contributed by atoms with Crippen LogP contribution in [0.15, 0.2) is 11.6 Å². The predicted octanol–water partition coefficient (Wildman–Crippen LogP) is 3.23. The molecule has 0 amide bonds. The maximum atomic E-state index is 12.5. The standard InChI is InChI=1S/C21H30O4/c1-19-7-8-21(24-9-10-25-21)11-13(19)3-4-14-15-5-6-17(23)20(15,2)12-16(22)18(14)19/h3,14-16,18,22H,4-12H2,1-2H3/t14?,15?,16-,18?,19-,20-/m0/s1. The van der Waals surface area contributed by atoms with E-state index in [2.05, 4.69) is 19.9 Å². The van der Waals surface area contributed by atoms with Crippen molar-refractivity contribution in [2.24, 2.45) is 28.6 Å². The molecule has 4 nitrogen and oxygen atoms in total. The van der Waals surface area contributed by atoms with Gasteiger partial charge < -0.3 is 14.6 Å². The minimum absolute atomic E-state index is 0.0237. The van der Waals surface area contributed by atoms with Crippen LogP contribution in [0.2, 0.25) is 0 Å². The maximum Gasteiger partial charge on any atom is 0.172 e. The van der Waals surface area contributed by atoms with Crippen LogP contribution in [-0.2, 0) is 14.3 Å². The average Bonchev–Trinajstić information content (AvgIpc) is 3.13. The van der Waals surface area contributed by atoms with E-state index in [9.17, 15) is 9.90 Å². The van der Waals surface area contributed by atoms with E-state index >= 15 is 0 Å². The highest BCUT2D eigenvalue weighted by molar-refractivity contribution is 5.87. The number of aliphatic hydroxyl groups is 1. The lowest BCUT2D eigenvalue weighted by molar-refractivity contribution is -0.192. The number of allylic oxidation sites excluding steroid dienone is 1. The SMILES string of the molecule is C[C@]12CCC3(CC1=CCC1C2[C@@H](O)C[C@]2(C)C(=O)CCC12)OCCO3. The van der Waals surface area contributed by atoms with Crippen molar-refractivity contribution in [1.82, 2.24) is 0 Å². The van der Waals surface area contributed by atoms with Crippen molar-refractivity contribution in [2.75, 3.05) is 13.2 Å². The molecule has 1 spiro atoms. The van der Waals surface area contributed by atoms with Gasteiger partial charge in [-0.05, 0) is 48.9 Å². The van der Waals surface area contributed by atoms with Crippen LogP contribution >= 0.6 is 0 Å². The molecular formula is C21H30O4. The van der Waals surface area contributed by atoms with Gasteiger partial charge in [-0.1, -0.05) is 25.5 Å². The lowest BCUT2D eigenvalue weighted by Crippen LogP contribution is -2.57. The average molecular weight is 346 g/mol. The van der Waals surface area contributed by atoms with Crippen LogP contribution in [0.5, 0.6) is 0 Å². The quantitative estimate of drug-likeness (QED) is 0.684. The van der Waals surface area contributed by atoms with Crippen molar-refractivity contribution in [3.05, 3.63) is 11.6 Å². The van der Waals surface area contributed by atoms with E-state index in [1.165, 1.54) is 5.57 Å². The number of fused-ring (bicyclic) bond motifs is 5. The highest BCUT2D eigenvalue weighted by Gasteiger charge is 2.63. The summed E-state index contributed by atoms with van der Waals surface area (Å²) in [6, 6.07) is 0. The van der Waals surface area contributed by atoms with Gasteiger partial charge in [-0.2, -0.15) is 0 Å². The minimum Gasteiger partial charge on any atom is -0.393 e. The Morgan fingerprint density at radius 3 is 2.68 bits per heavy atom. The minimum atomic E-state index is -0.407. The summed E-state index contributed by atoms with van der Waals surface area (Å²) < 4.78 is 11.9. The van der Waals surface area contributed by atoms with Gasteiger partial charge in [-0.25, -0.2) is 0 Å². The van der Waals surface area contributed by atoms with Gasteiger partial charge in [0, 0.05) is 24.7 Å². The smallest absolute Gasteiger partial charge is 0.172 e. The lowest BCUT2D eigenvalue weighted by Gasteiger charge is -2.59. The molecule has 1 heterocycles. The first-order valence-corrected chi connectivity index (χ1v) is 10.1. The molecule has 5 rings (SSSR count). The first-order chi connectivity index (χ1) is 11.9. The van der Waals surface area contributed by atoms with E-state index in [0.29, 0.717) is 43.7 Å². The third-order valence-corrected chi connectivity index (χ3v) is 8.57. The molecule has 4 heteroatoms. The molecule has 0 radical (unpaired) electrons. The highest BCUT2D eigenvalue weighted by Crippen LogP contribution is 2.65. The number of Topliss-reactive ketones (excluding diaryl/α,β-unsaturated/α-hetero) is 1. The Morgan fingerprint density at radius 1 is 1.16 bits per heavy atom. The second-order valence-corrected chi connectivity index (χ2v) is 9.61. The summed E-state index contributed by atoms with van der Waals surface area (Å²) in [5.41, 5.74) is 1.15. The van der Waals surface area contributed by atoms with E-state index in [4.69, 9.17) is 9.47 Å². The molecule has 1 aliphatic heterocycles. The van der Waals surface area contributed by atoms with Crippen LogP contribution in [0.25, 0.3) is 0 Å². The van der Waals surface area contributed by atoms with Gasteiger partial charge in [0.2, 0.25) is 0 Å². The molecule has 0 bridgehead atoms. The van der Waals surface area contributed by atoms with Crippen LogP contribution < -0.4 is 0 Å². The van der Waals surface area contributed by atoms with Gasteiger partial charge >= 0.3 is 0 Å². The van der Waals surface area contributed by atoms with E-state index in [0.717, 1.165) is 32.1 Å². The molecule has 1 N–H and O–H groups in total. The molecule has 0 aromatic carbocycles. The zero-order valence-corrected chi connectivity index (χ0v) is 15.4. The van der Waals surface area contributed by atoms with Crippen LogP contribution in [0.1, 0.15) is 58.8 Å². The Kier molecular flexibility index (Phi) is 3.41. The summed E-state index contributed by atoms with van der Waals surface area (Å²) >= 11 is 0. The van der Waals surface area contributed by atoms with E-state index in [-0.39, 0.29) is 22.9 Å². The molecule has 6 atom stereocenters. The van der Waals surface area contributed by atoms with Gasteiger partial charge in [-0.3, -0.25) is 4.79 Å². The Morgan fingerprint density at radius 2 is 1.92 bits per heavy atom. The third-order valence-electron chi connectivity index (χ3n) is 8.57. The van der Waals surface area contributed by atoms with Gasteiger partial charge in [0.25, 0.3) is 0 Å². The van der Waals surface area contributed by atoms with Gasteiger partial charge in [0.15, 0.2) is 5.79 Å².